The lowest BCUT2D eigenvalue weighted by molar-refractivity contribution is 0.634. The van der Waals surface area contributed by atoms with Gasteiger partial charge in [0.05, 0.1) is 17.2 Å². The second-order valence-corrected chi connectivity index (χ2v) is 7.20. The zero-order chi connectivity index (χ0) is 23.0. The molecule has 0 fully saturated rings. The number of benzene rings is 2. The van der Waals surface area contributed by atoms with E-state index in [0.29, 0.717) is 17.1 Å². The standard InChI is InChI=1S/C22H19FN8O/c1-11-8-9-15(23)16-17(11)28-20(31(21(16)32)13-6-4-3-5-7-13)12(2)27-19-14(10-24)18(25)29-22(26)30-19/h3-9,12H,1-2H3,(H5,25,26,27,29,30)/t12-/m0/s1. The van der Waals surface area contributed by atoms with Crippen LogP contribution in [0.1, 0.15) is 29.9 Å². The molecule has 32 heavy (non-hydrogen) atoms. The van der Waals surface area contributed by atoms with Crippen LogP contribution in [-0.2, 0) is 0 Å². The maximum atomic E-state index is 14.6. The smallest absolute Gasteiger partial charge is 0.269 e. The first-order valence-electron chi connectivity index (χ1n) is 9.68. The SMILES string of the molecule is Cc1ccc(F)c2c(=O)n(-c3ccccc3)c([C@H](C)Nc3nc(N)nc(N)c3C#N)nc12. The van der Waals surface area contributed by atoms with Gasteiger partial charge >= 0.3 is 0 Å². The molecule has 0 aliphatic heterocycles. The van der Waals surface area contributed by atoms with Gasteiger partial charge < -0.3 is 16.8 Å². The first-order valence-corrected chi connectivity index (χ1v) is 9.68. The summed E-state index contributed by atoms with van der Waals surface area (Å²) in [4.78, 5) is 26.0. The van der Waals surface area contributed by atoms with Gasteiger partial charge in [-0.25, -0.2) is 9.37 Å². The summed E-state index contributed by atoms with van der Waals surface area (Å²) in [7, 11) is 0. The molecule has 10 heteroatoms. The zero-order valence-electron chi connectivity index (χ0n) is 17.3. The molecule has 0 amide bonds. The molecule has 0 aliphatic carbocycles. The summed E-state index contributed by atoms with van der Waals surface area (Å²) in [6, 6.07) is 12.9. The largest absolute Gasteiger partial charge is 0.382 e. The molecule has 0 aliphatic rings. The summed E-state index contributed by atoms with van der Waals surface area (Å²) in [5.41, 5.74) is 12.4. The van der Waals surface area contributed by atoms with Crippen molar-refractivity contribution in [3.05, 3.63) is 75.6 Å². The Bertz CT molecular complexity index is 1440. The van der Waals surface area contributed by atoms with Gasteiger partial charge in [0.25, 0.3) is 5.56 Å². The number of nitrogens with one attached hydrogen (secondary N) is 1. The third-order valence-corrected chi connectivity index (χ3v) is 5.02. The summed E-state index contributed by atoms with van der Waals surface area (Å²) in [5, 5.41) is 12.4. The maximum Gasteiger partial charge on any atom is 0.269 e. The first kappa shape index (κ1) is 20.7. The van der Waals surface area contributed by atoms with Crippen LogP contribution in [0.5, 0.6) is 0 Å². The van der Waals surface area contributed by atoms with Gasteiger partial charge in [0.15, 0.2) is 5.82 Å². The Hall–Kier alpha value is -4.52. The van der Waals surface area contributed by atoms with Crippen LogP contribution in [0.2, 0.25) is 0 Å². The highest BCUT2D eigenvalue weighted by atomic mass is 19.1. The molecule has 0 radical (unpaired) electrons. The number of nitriles is 1. The van der Waals surface area contributed by atoms with Crippen molar-refractivity contribution in [3.8, 4) is 11.8 Å². The third kappa shape index (κ3) is 3.45. The highest BCUT2D eigenvalue weighted by Gasteiger charge is 2.22. The predicted molar refractivity (Wildman–Crippen MR) is 120 cm³/mol. The van der Waals surface area contributed by atoms with Crippen LogP contribution in [-0.4, -0.2) is 19.5 Å². The van der Waals surface area contributed by atoms with Crippen molar-refractivity contribution < 1.29 is 4.39 Å². The number of halogens is 1. The van der Waals surface area contributed by atoms with Crippen LogP contribution in [0.25, 0.3) is 16.6 Å². The van der Waals surface area contributed by atoms with E-state index in [1.54, 1.807) is 50.2 Å². The summed E-state index contributed by atoms with van der Waals surface area (Å²) in [6.07, 6.45) is 0. The molecule has 9 nitrogen and oxygen atoms in total. The van der Waals surface area contributed by atoms with E-state index in [1.807, 2.05) is 6.07 Å². The quantitative estimate of drug-likeness (QED) is 0.447. The van der Waals surface area contributed by atoms with E-state index in [-0.39, 0.29) is 34.1 Å². The number of para-hydroxylation sites is 1. The molecule has 0 bridgehead atoms. The minimum absolute atomic E-state index is 0.0164. The Morgan fingerprint density at radius 2 is 1.84 bits per heavy atom. The number of aryl methyl sites for hydroxylation is 1. The van der Waals surface area contributed by atoms with Gasteiger partial charge in [-0.05, 0) is 37.6 Å². The van der Waals surface area contributed by atoms with E-state index in [2.05, 4.69) is 20.3 Å². The number of nitrogen functional groups attached to an aromatic ring is 2. The van der Waals surface area contributed by atoms with E-state index in [9.17, 15) is 14.4 Å². The lowest BCUT2D eigenvalue weighted by Gasteiger charge is -2.21. The monoisotopic (exact) mass is 430 g/mol. The van der Waals surface area contributed by atoms with Crippen LogP contribution >= 0.6 is 0 Å². The van der Waals surface area contributed by atoms with Crippen LogP contribution in [0, 0.1) is 24.1 Å². The third-order valence-electron chi connectivity index (χ3n) is 5.02. The number of hydrogen-bond donors (Lipinski definition) is 3. The Morgan fingerprint density at radius 1 is 1.12 bits per heavy atom. The molecule has 2 heterocycles. The molecule has 4 rings (SSSR count). The molecule has 2 aromatic carbocycles. The molecule has 160 valence electrons. The molecular weight excluding hydrogens is 411 g/mol. The number of anilines is 3. The fourth-order valence-corrected chi connectivity index (χ4v) is 3.50. The van der Waals surface area contributed by atoms with Crippen LogP contribution in [0.15, 0.2) is 47.3 Å². The molecule has 2 aromatic heterocycles. The Balaban J connectivity index is 1.97. The van der Waals surface area contributed by atoms with E-state index in [4.69, 9.17) is 11.5 Å². The first-order chi connectivity index (χ1) is 15.3. The van der Waals surface area contributed by atoms with Crippen molar-refractivity contribution in [1.82, 2.24) is 19.5 Å². The van der Waals surface area contributed by atoms with Gasteiger partial charge in [-0.2, -0.15) is 15.2 Å². The van der Waals surface area contributed by atoms with Gasteiger partial charge in [-0.15, -0.1) is 0 Å². The number of rotatable bonds is 4. The number of aromatic nitrogens is 4. The van der Waals surface area contributed by atoms with E-state index in [0.717, 1.165) is 0 Å². The number of nitrogens with two attached hydrogens (primary N) is 2. The van der Waals surface area contributed by atoms with Gasteiger partial charge in [-0.1, -0.05) is 24.3 Å². The van der Waals surface area contributed by atoms with Crippen molar-refractivity contribution in [3.63, 3.8) is 0 Å². The van der Waals surface area contributed by atoms with Gasteiger partial charge in [0.2, 0.25) is 5.95 Å². The molecule has 0 spiro atoms. The Labute approximate surface area is 182 Å². The van der Waals surface area contributed by atoms with Crippen molar-refractivity contribution in [2.75, 3.05) is 16.8 Å². The highest BCUT2D eigenvalue weighted by molar-refractivity contribution is 5.82. The van der Waals surface area contributed by atoms with Crippen molar-refractivity contribution in [1.29, 1.82) is 5.26 Å². The molecule has 5 N–H and O–H groups in total. The average Bonchev–Trinajstić information content (AvgIpc) is 2.76. The summed E-state index contributed by atoms with van der Waals surface area (Å²) < 4.78 is 16.0. The number of hydrogen-bond acceptors (Lipinski definition) is 8. The van der Waals surface area contributed by atoms with Crippen molar-refractivity contribution >= 4 is 28.5 Å². The molecule has 4 aromatic rings. The van der Waals surface area contributed by atoms with E-state index >= 15 is 0 Å². The average molecular weight is 430 g/mol. The number of fused-ring (bicyclic) bond motifs is 1. The summed E-state index contributed by atoms with van der Waals surface area (Å²) in [6.45, 7) is 3.49. The molecule has 0 unspecified atom stereocenters. The normalized spacial score (nSPS) is 11.8. The highest BCUT2D eigenvalue weighted by Crippen LogP contribution is 2.26. The molecular formula is C22H19FN8O. The second kappa shape index (κ2) is 7.96. The summed E-state index contributed by atoms with van der Waals surface area (Å²) in [5.74, 6) is -0.430. The Kier molecular flexibility index (Phi) is 5.16. The van der Waals surface area contributed by atoms with E-state index in [1.165, 1.54) is 10.6 Å². The van der Waals surface area contributed by atoms with Gasteiger partial charge in [0, 0.05) is 0 Å². The van der Waals surface area contributed by atoms with Crippen molar-refractivity contribution in [2.24, 2.45) is 0 Å². The minimum atomic E-state index is -0.650. The molecule has 0 saturated carbocycles. The fraction of sp³-hybridized carbons (Fsp3) is 0.136. The summed E-state index contributed by atoms with van der Waals surface area (Å²) >= 11 is 0. The second-order valence-electron chi connectivity index (χ2n) is 7.20. The van der Waals surface area contributed by atoms with Crippen LogP contribution in [0.4, 0.5) is 22.0 Å². The number of nitrogens with zero attached hydrogens (tertiary/aromatic N) is 5. The zero-order valence-corrected chi connectivity index (χ0v) is 17.3. The van der Waals surface area contributed by atoms with E-state index < -0.39 is 17.4 Å². The Morgan fingerprint density at radius 3 is 2.53 bits per heavy atom. The predicted octanol–water partition coefficient (Wildman–Crippen LogP) is 2.83. The maximum absolute atomic E-state index is 14.6. The fourth-order valence-electron chi connectivity index (χ4n) is 3.50. The van der Waals surface area contributed by atoms with Crippen LogP contribution < -0.4 is 22.3 Å². The molecule has 1 atom stereocenters. The van der Waals surface area contributed by atoms with Gasteiger partial charge in [0.1, 0.15) is 34.5 Å². The lowest BCUT2D eigenvalue weighted by atomic mass is 10.1. The van der Waals surface area contributed by atoms with Gasteiger partial charge in [-0.3, -0.25) is 9.36 Å². The van der Waals surface area contributed by atoms with Crippen molar-refractivity contribution in [2.45, 2.75) is 19.9 Å². The molecule has 0 saturated heterocycles. The van der Waals surface area contributed by atoms with Crippen LogP contribution in [0.3, 0.4) is 0 Å². The minimum Gasteiger partial charge on any atom is -0.382 e. The topological polar surface area (TPSA) is 149 Å². The lowest BCUT2D eigenvalue weighted by Crippen LogP contribution is -2.28.